The van der Waals surface area contributed by atoms with E-state index in [1.165, 1.54) is 40.6 Å². The maximum absolute atomic E-state index is 13.5. The first-order chi connectivity index (χ1) is 14.1. The molecular formula is C22H25FN4OS. The molecule has 0 saturated carbocycles. The molecule has 0 radical (unpaired) electrons. The molecule has 0 bridgehead atoms. The van der Waals surface area contributed by atoms with Gasteiger partial charge in [-0.2, -0.15) is 0 Å². The van der Waals surface area contributed by atoms with E-state index >= 15 is 0 Å². The Kier molecular flexibility index (Phi) is 4.95. The lowest BCUT2D eigenvalue weighted by atomic mass is 9.96. The normalized spacial score (nSPS) is 17.9. The number of benzene rings is 1. The number of piperidine rings is 1. The van der Waals surface area contributed by atoms with E-state index in [1.54, 1.807) is 10.6 Å². The van der Waals surface area contributed by atoms with Gasteiger partial charge < -0.3 is 0 Å². The van der Waals surface area contributed by atoms with E-state index in [1.807, 2.05) is 18.3 Å². The topological polar surface area (TPSA) is 51.0 Å². The fraction of sp³-hybridized carbons (Fsp3) is 0.500. The molecule has 1 saturated heterocycles. The number of rotatable bonds is 4. The molecule has 2 aliphatic rings. The summed E-state index contributed by atoms with van der Waals surface area (Å²) in [5.41, 5.74) is 1.71. The molecule has 3 aromatic rings. The van der Waals surface area contributed by atoms with E-state index in [0.717, 1.165) is 38.9 Å². The van der Waals surface area contributed by atoms with Crippen molar-refractivity contribution < 1.29 is 4.39 Å². The van der Waals surface area contributed by atoms with Crippen molar-refractivity contribution in [1.29, 1.82) is 0 Å². The number of fused-ring (bicyclic) bond motifs is 2. The third-order valence-electron chi connectivity index (χ3n) is 6.25. The van der Waals surface area contributed by atoms with E-state index in [-0.39, 0.29) is 11.4 Å². The van der Waals surface area contributed by atoms with Crippen molar-refractivity contribution in [3.8, 4) is 0 Å². The van der Waals surface area contributed by atoms with Crippen LogP contribution in [-0.2, 0) is 25.9 Å². The molecule has 1 fully saturated rings. The summed E-state index contributed by atoms with van der Waals surface area (Å²) in [5.74, 6) is 0.760. The largest absolute Gasteiger partial charge is 0.297 e. The molecule has 0 N–H and O–H groups in total. The van der Waals surface area contributed by atoms with Crippen molar-refractivity contribution in [2.24, 2.45) is 5.92 Å². The fourth-order valence-corrected chi connectivity index (χ4v) is 5.81. The minimum Gasteiger partial charge on any atom is -0.297 e. The van der Waals surface area contributed by atoms with Crippen LogP contribution >= 0.6 is 11.3 Å². The second kappa shape index (κ2) is 7.61. The molecule has 29 heavy (non-hydrogen) atoms. The number of thiazole rings is 1. The number of nitrogens with zero attached hydrogens (tertiary/aromatic N) is 4. The average Bonchev–Trinajstić information content (AvgIpc) is 3.28. The van der Waals surface area contributed by atoms with Crippen LogP contribution in [0.3, 0.4) is 0 Å². The highest BCUT2D eigenvalue weighted by molar-refractivity contribution is 7.11. The molecule has 0 atom stereocenters. The van der Waals surface area contributed by atoms with E-state index in [2.05, 4.69) is 9.88 Å². The SMILES string of the molecule is Cc1nc2cc(F)ccc2c(=O)n1CC1CCN(Cc2nc3c(s2)CCC3)CC1. The van der Waals surface area contributed by atoms with Crippen LogP contribution in [0.5, 0.6) is 0 Å². The molecule has 152 valence electrons. The molecular weight excluding hydrogens is 387 g/mol. The zero-order chi connectivity index (χ0) is 20.0. The van der Waals surface area contributed by atoms with E-state index < -0.39 is 0 Å². The quantitative estimate of drug-likeness (QED) is 0.656. The van der Waals surface area contributed by atoms with Gasteiger partial charge in [-0.3, -0.25) is 14.3 Å². The first kappa shape index (κ1) is 18.9. The number of aromatic nitrogens is 3. The molecule has 0 amide bonds. The minimum absolute atomic E-state index is 0.0627. The van der Waals surface area contributed by atoms with Gasteiger partial charge in [0.25, 0.3) is 5.56 Å². The molecule has 1 aliphatic carbocycles. The van der Waals surface area contributed by atoms with Gasteiger partial charge in [-0.05, 0) is 70.2 Å². The molecule has 0 unspecified atom stereocenters. The van der Waals surface area contributed by atoms with Gasteiger partial charge in [0.15, 0.2) is 0 Å². The smallest absolute Gasteiger partial charge is 0.261 e. The highest BCUT2D eigenvalue weighted by Gasteiger charge is 2.23. The van der Waals surface area contributed by atoms with Gasteiger partial charge in [0.05, 0.1) is 23.1 Å². The highest BCUT2D eigenvalue weighted by Crippen LogP contribution is 2.29. The lowest BCUT2D eigenvalue weighted by molar-refractivity contribution is 0.165. The first-order valence-corrected chi connectivity index (χ1v) is 11.2. The maximum atomic E-state index is 13.5. The maximum Gasteiger partial charge on any atom is 0.261 e. The summed E-state index contributed by atoms with van der Waals surface area (Å²) in [7, 11) is 0. The summed E-state index contributed by atoms with van der Waals surface area (Å²) in [6.07, 6.45) is 5.75. The van der Waals surface area contributed by atoms with Crippen molar-refractivity contribution in [2.75, 3.05) is 13.1 Å². The first-order valence-electron chi connectivity index (χ1n) is 10.4. The average molecular weight is 413 g/mol. The Morgan fingerprint density at radius 1 is 1.21 bits per heavy atom. The minimum atomic E-state index is -0.362. The Labute approximate surface area is 173 Å². The molecule has 5 nitrogen and oxygen atoms in total. The van der Waals surface area contributed by atoms with Crippen LogP contribution in [0.15, 0.2) is 23.0 Å². The van der Waals surface area contributed by atoms with Gasteiger partial charge in [0.1, 0.15) is 16.6 Å². The zero-order valence-electron chi connectivity index (χ0n) is 16.7. The van der Waals surface area contributed by atoms with E-state index in [4.69, 9.17) is 4.98 Å². The summed E-state index contributed by atoms with van der Waals surface area (Å²) in [6.45, 7) is 5.54. The van der Waals surface area contributed by atoms with Crippen LogP contribution in [0.25, 0.3) is 10.9 Å². The van der Waals surface area contributed by atoms with Gasteiger partial charge in [-0.1, -0.05) is 0 Å². The predicted octanol–water partition coefficient (Wildman–Crippen LogP) is 3.70. The number of aryl methyl sites for hydroxylation is 3. The zero-order valence-corrected chi connectivity index (χ0v) is 17.5. The van der Waals surface area contributed by atoms with Crippen LogP contribution in [-0.4, -0.2) is 32.5 Å². The second-order valence-electron chi connectivity index (χ2n) is 8.29. The summed E-state index contributed by atoms with van der Waals surface area (Å²) in [6, 6.07) is 4.21. The van der Waals surface area contributed by atoms with Crippen LogP contribution in [0.2, 0.25) is 0 Å². The monoisotopic (exact) mass is 412 g/mol. The third-order valence-corrected chi connectivity index (χ3v) is 7.40. The second-order valence-corrected chi connectivity index (χ2v) is 9.45. The number of likely N-dealkylation sites (tertiary alicyclic amines) is 1. The van der Waals surface area contributed by atoms with Gasteiger partial charge in [0.2, 0.25) is 0 Å². The van der Waals surface area contributed by atoms with Gasteiger partial charge in [-0.25, -0.2) is 14.4 Å². The summed E-state index contributed by atoms with van der Waals surface area (Å²) in [5, 5.41) is 1.75. The van der Waals surface area contributed by atoms with E-state index in [0.29, 0.717) is 29.2 Å². The Bertz CT molecular complexity index is 1090. The lowest BCUT2D eigenvalue weighted by Crippen LogP contribution is -2.36. The summed E-state index contributed by atoms with van der Waals surface area (Å²) in [4.78, 5) is 26.2. The predicted molar refractivity (Wildman–Crippen MR) is 113 cm³/mol. The van der Waals surface area contributed by atoms with E-state index in [9.17, 15) is 9.18 Å². The molecule has 5 rings (SSSR count). The standard InChI is InChI=1S/C22H25FN4OS/c1-14-24-19-11-16(23)5-6-17(19)22(28)27(14)12-15-7-9-26(10-8-15)13-21-25-18-3-2-4-20(18)29-21/h5-6,11,15H,2-4,7-10,12-13H2,1H3. The molecule has 1 aliphatic heterocycles. The summed E-state index contributed by atoms with van der Waals surface area (Å²) < 4.78 is 15.2. The lowest BCUT2D eigenvalue weighted by Gasteiger charge is -2.31. The fourth-order valence-electron chi connectivity index (χ4n) is 4.61. The van der Waals surface area contributed by atoms with Crippen LogP contribution in [0.4, 0.5) is 4.39 Å². The molecule has 3 heterocycles. The number of hydrogen-bond acceptors (Lipinski definition) is 5. The van der Waals surface area contributed by atoms with Gasteiger partial charge >= 0.3 is 0 Å². The third kappa shape index (κ3) is 3.73. The molecule has 0 spiro atoms. The highest BCUT2D eigenvalue weighted by atomic mass is 32.1. The number of halogens is 1. The van der Waals surface area contributed by atoms with Crippen molar-refractivity contribution >= 4 is 22.2 Å². The van der Waals surface area contributed by atoms with Crippen LogP contribution in [0, 0.1) is 18.7 Å². The number of hydrogen-bond donors (Lipinski definition) is 0. The van der Waals surface area contributed by atoms with Crippen molar-refractivity contribution in [3.05, 3.63) is 55.8 Å². The van der Waals surface area contributed by atoms with Crippen molar-refractivity contribution in [2.45, 2.75) is 52.1 Å². The Morgan fingerprint density at radius 2 is 2.03 bits per heavy atom. The van der Waals surface area contributed by atoms with Crippen molar-refractivity contribution in [3.63, 3.8) is 0 Å². The van der Waals surface area contributed by atoms with Gasteiger partial charge in [0, 0.05) is 17.5 Å². The molecule has 7 heteroatoms. The van der Waals surface area contributed by atoms with Crippen LogP contribution in [0.1, 0.15) is 40.7 Å². The van der Waals surface area contributed by atoms with Gasteiger partial charge in [-0.15, -0.1) is 11.3 Å². The summed E-state index contributed by atoms with van der Waals surface area (Å²) >= 11 is 1.89. The Hall–Kier alpha value is -2.12. The molecule has 1 aromatic carbocycles. The Morgan fingerprint density at radius 3 is 2.83 bits per heavy atom. The van der Waals surface area contributed by atoms with Crippen LogP contribution < -0.4 is 5.56 Å². The Balaban J connectivity index is 1.24. The molecule has 2 aromatic heterocycles. The van der Waals surface area contributed by atoms with Crippen molar-refractivity contribution in [1.82, 2.24) is 19.4 Å².